The number of hydrogen-bond donors (Lipinski definition) is 0. The number of nitrogens with zero attached hydrogens (tertiary/aromatic N) is 5. The monoisotopic (exact) mass is 401 g/mol. The number of aromatic nitrogens is 4. The van der Waals surface area contributed by atoms with Crippen LogP contribution in [0.3, 0.4) is 0 Å². The average Bonchev–Trinajstić information content (AvgIpc) is 3.03. The third-order valence-electron chi connectivity index (χ3n) is 4.21. The van der Waals surface area contributed by atoms with Crippen molar-refractivity contribution in [3.8, 4) is 0 Å². The molecule has 8 nitrogen and oxygen atoms in total. The number of aryl methyl sites for hydroxylation is 1. The lowest BCUT2D eigenvalue weighted by molar-refractivity contribution is 0.0648. The first kappa shape index (κ1) is 15.7. The van der Waals surface area contributed by atoms with Crippen LogP contribution >= 0.6 is 15.9 Å². The lowest BCUT2D eigenvalue weighted by Gasteiger charge is -2.14. The van der Waals surface area contributed by atoms with Gasteiger partial charge in [0.1, 0.15) is 16.3 Å². The van der Waals surface area contributed by atoms with Crippen molar-refractivity contribution >= 4 is 38.8 Å². The first-order chi connectivity index (χ1) is 12.0. The predicted molar refractivity (Wildman–Crippen MR) is 92.3 cm³/mol. The number of carbonyl (C=O) groups is 2. The molecule has 3 heterocycles. The van der Waals surface area contributed by atoms with E-state index in [2.05, 4.69) is 26.0 Å². The zero-order valence-corrected chi connectivity index (χ0v) is 14.7. The molecular formula is C16H12BrN5O3. The molecule has 0 N–H and O–H groups in total. The van der Waals surface area contributed by atoms with Gasteiger partial charge in [-0.15, -0.1) is 0 Å². The summed E-state index contributed by atoms with van der Waals surface area (Å²) in [6.07, 6.45) is 1.40. The Balaban J connectivity index is 1.63. The predicted octanol–water partition coefficient (Wildman–Crippen LogP) is 1.19. The highest BCUT2D eigenvalue weighted by Crippen LogP contribution is 2.22. The molecule has 0 spiro atoms. The molecule has 9 heteroatoms. The molecule has 0 saturated carbocycles. The van der Waals surface area contributed by atoms with Crippen LogP contribution in [0.15, 0.2) is 40.0 Å². The van der Waals surface area contributed by atoms with E-state index in [-0.39, 0.29) is 30.5 Å². The van der Waals surface area contributed by atoms with Crippen molar-refractivity contribution in [2.75, 3.05) is 6.54 Å². The number of benzene rings is 1. The van der Waals surface area contributed by atoms with Crippen molar-refractivity contribution in [1.29, 1.82) is 0 Å². The largest absolute Gasteiger partial charge is 0.297 e. The van der Waals surface area contributed by atoms with E-state index in [1.165, 1.54) is 15.6 Å². The van der Waals surface area contributed by atoms with Gasteiger partial charge in [-0.1, -0.05) is 12.1 Å². The van der Waals surface area contributed by atoms with Crippen LogP contribution in [0.4, 0.5) is 0 Å². The number of amides is 2. The Morgan fingerprint density at radius 3 is 2.32 bits per heavy atom. The van der Waals surface area contributed by atoms with Gasteiger partial charge in [-0.3, -0.25) is 23.9 Å². The zero-order valence-electron chi connectivity index (χ0n) is 13.1. The summed E-state index contributed by atoms with van der Waals surface area (Å²) in [6.45, 7) is 0.256. The third kappa shape index (κ3) is 2.30. The van der Waals surface area contributed by atoms with Crippen LogP contribution < -0.4 is 5.56 Å². The minimum Gasteiger partial charge on any atom is -0.297 e. The van der Waals surface area contributed by atoms with Gasteiger partial charge < -0.3 is 0 Å². The normalized spacial score (nSPS) is 13.8. The van der Waals surface area contributed by atoms with Crippen molar-refractivity contribution in [2.45, 2.75) is 6.54 Å². The lowest BCUT2D eigenvalue weighted by atomic mass is 10.1. The van der Waals surface area contributed by atoms with E-state index in [9.17, 15) is 14.4 Å². The molecule has 126 valence electrons. The molecule has 3 aromatic rings. The topological polar surface area (TPSA) is 90.1 Å². The fourth-order valence-corrected chi connectivity index (χ4v) is 3.53. The average molecular weight is 402 g/mol. The second-order valence-electron chi connectivity index (χ2n) is 5.66. The van der Waals surface area contributed by atoms with Gasteiger partial charge in [0.05, 0.1) is 11.1 Å². The Labute approximate surface area is 149 Å². The van der Waals surface area contributed by atoms with E-state index in [1.54, 1.807) is 31.3 Å². The minimum atomic E-state index is -0.342. The molecule has 0 atom stereocenters. The van der Waals surface area contributed by atoms with Crippen molar-refractivity contribution in [2.24, 2.45) is 7.05 Å². The molecule has 1 aliphatic heterocycles. The highest BCUT2D eigenvalue weighted by molar-refractivity contribution is 9.10. The van der Waals surface area contributed by atoms with Gasteiger partial charge in [0.2, 0.25) is 0 Å². The Bertz CT molecular complexity index is 1070. The van der Waals surface area contributed by atoms with Crippen LogP contribution in [0, 0.1) is 0 Å². The standard InChI is InChI=1S/C16H12BrN5O3/c1-20-13-11(12(17)19-20)16(25)21(8-18-13)6-7-22-14(23)9-4-2-3-5-10(9)15(22)24/h2-5,8H,6-7H2,1H3. The van der Waals surface area contributed by atoms with E-state index in [0.29, 0.717) is 26.8 Å². The summed E-state index contributed by atoms with van der Waals surface area (Å²) in [6, 6.07) is 6.69. The molecule has 1 aromatic carbocycles. The van der Waals surface area contributed by atoms with Gasteiger partial charge >= 0.3 is 0 Å². The Hall–Kier alpha value is -2.81. The Morgan fingerprint density at radius 1 is 1.04 bits per heavy atom. The highest BCUT2D eigenvalue weighted by Gasteiger charge is 2.34. The van der Waals surface area contributed by atoms with Gasteiger partial charge in [-0.25, -0.2) is 9.67 Å². The fourth-order valence-electron chi connectivity index (χ4n) is 2.94. The lowest BCUT2D eigenvalue weighted by Crippen LogP contribution is -2.35. The van der Waals surface area contributed by atoms with Crippen molar-refractivity contribution in [1.82, 2.24) is 24.2 Å². The quantitative estimate of drug-likeness (QED) is 0.614. The number of imide groups is 1. The minimum absolute atomic E-state index is 0.0946. The molecule has 2 aromatic heterocycles. The van der Waals surface area contributed by atoms with Gasteiger partial charge in [0.25, 0.3) is 17.4 Å². The van der Waals surface area contributed by atoms with Gasteiger partial charge in [0, 0.05) is 20.1 Å². The number of fused-ring (bicyclic) bond motifs is 2. The number of rotatable bonds is 3. The maximum Gasteiger partial charge on any atom is 0.265 e. The SMILES string of the molecule is Cn1nc(Br)c2c(=O)n(CCN3C(=O)c4ccccc4C3=O)cnc21. The van der Waals surface area contributed by atoms with E-state index < -0.39 is 0 Å². The summed E-state index contributed by atoms with van der Waals surface area (Å²) in [4.78, 5) is 42.7. The van der Waals surface area contributed by atoms with Gasteiger partial charge in [-0.2, -0.15) is 5.10 Å². The number of halogens is 1. The van der Waals surface area contributed by atoms with Gasteiger partial charge in [-0.05, 0) is 28.1 Å². The maximum absolute atomic E-state index is 12.6. The van der Waals surface area contributed by atoms with Crippen LogP contribution in [-0.4, -0.2) is 42.6 Å². The van der Waals surface area contributed by atoms with Crippen LogP contribution in [0.25, 0.3) is 11.0 Å². The van der Waals surface area contributed by atoms with E-state index in [0.717, 1.165) is 4.90 Å². The summed E-state index contributed by atoms with van der Waals surface area (Å²) in [7, 11) is 1.70. The Morgan fingerprint density at radius 2 is 1.68 bits per heavy atom. The molecule has 0 fully saturated rings. The summed E-state index contributed by atoms with van der Waals surface area (Å²) < 4.78 is 3.30. The van der Waals surface area contributed by atoms with Gasteiger partial charge in [0.15, 0.2) is 5.65 Å². The smallest absolute Gasteiger partial charge is 0.265 e. The molecule has 4 rings (SSSR count). The van der Waals surface area contributed by atoms with E-state index in [4.69, 9.17) is 0 Å². The first-order valence-corrected chi connectivity index (χ1v) is 8.31. The summed E-state index contributed by atoms with van der Waals surface area (Å²) in [5.41, 5.74) is 0.974. The first-order valence-electron chi connectivity index (χ1n) is 7.52. The molecule has 0 bridgehead atoms. The molecule has 0 saturated heterocycles. The van der Waals surface area contributed by atoms with E-state index in [1.807, 2.05) is 0 Å². The summed E-state index contributed by atoms with van der Waals surface area (Å²) >= 11 is 3.25. The van der Waals surface area contributed by atoms with Crippen LogP contribution in [0.2, 0.25) is 0 Å². The maximum atomic E-state index is 12.6. The van der Waals surface area contributed by atoms with Crippen LogP contribution in [0.1, 0.15) is 20.7 Å². The summed E-state index contributed by atoms with van der Waals surface area (Å²) in [5, 5.41) is 4.49. The molecule has 2 amide bonds. The number of hydrogen-bond acceptors (Lipinski definition) is 5. The van der Waals surface area contributed by atoms with Crippen molar-refractivity contribution in [3.63, 3.8) is 0 Å². The van der Waals surface area contributed by atoms with Crippen molar-refractivity contribution < 1.29 is 9.59 Å². The molecule has 25 heavy (non-hydrogen) atoms. The van der Waals surface area contributed by atoms with E-state index >= 15 is 0 Å². The Kier molecular flexibility index (Phi) is 3.53. The number of carbonyl (C=O) groups excluding carboxylic acids is 2. The molecule has 0 aliphatic carbocycles. The fraction of sp³-hybridized carbons (Fsp3) is 0.188. The molecular weight excluding hydrogens is 390 g/mol. The zero-order chi connectivity index (χ0) is 17.7. The molecule has 0 radical (unpaired) electrons. The summed E-state index contributed by atoms with van der Waals surface area (Å²) in [5.74, 6) is -0.685. The van der Waals surface area contributed by atoms with Crippen LogP contribution in [0.5, 0.6) is 0 Å². The molecule has 0 unspecified atom stereocenters. The molecule has 1 aliphatic rings. The second-order valence-corrected chi connectivity index (χ2v) is 6.41. The van der Waals surface area contributed by atoms with Crippen LogP contribution in [-0.2, 0) is 13.6 Å². The third-order valence-corrected chi connectivity index (χ3v) is 4.77. The highest BCUT2D eigenvalue weighted by atomic mass is 79.9. The van der Waals surface area contributed by atoms with Crippen molar-refractivity contribution in [3.05, 3.63) is 56.7 Å². The second kappa shape index (κ2) is 5.62.